The Morgan fingerprint density at radius 2 is 2.17 bits per heavy atom. The first-order valence-corrected chi connectivity index (χ1v) is 6.95. The molecule has 1 aliphatic rings. The van der Waals surface area contributed by atoms with Gasteiger partial charge in [-0.1, -0.05) is 0 Å². The van der Waals surface area contributed by atoms with E-state index in [1.807, 2.05) is 24.3 Å². The van der Waals surface area contributed by atoms with Crippen LogP contribution in [0.25, 0.3) is 0 Å². The van der Waals surface area contributed by atoms with Gasteiger partial charge in [0.05, 0.1) is 13.7 Å². The lowest BCUT2D eigenvalue weighted by Crippen LogP contribution is -2.32. The number of hydrogen-bond donors (Lipinski definition) is 1. The van der Waals surface area contributed by atoms with Gasteiger partial charge in [0.1, 0.15) is 5.75 Å². The molecule has 0 saturated carbocycles. The second-order valence-electron chi connectivity index (χ2n) is 3.73. The van der Waals surface area contributed by atoms with Gasteiger partial charge >= 0.3 is 0 Å². The summed E-state index contributed by atoms with van der Waals surface area (Å²) in [6.45, 7) is 0.966. The summed E-state index contributed by atoms with van der Waals surface area (Å²) in [6.07, 6.45) is 0. The van der Waals surface area contributed by atoms with Gasteiger partial charge in [0.25, 0.3) is 0 Å². The number of nitrogens with one attached hydrogen (secondary N) is 1. The van der Waals surface area contributed by atoms with Crippen molar-refractivity contribution < 1.29 is 9.53 Å². The average Bonchev–Trinajstić information content (AvgIpc) is 2.71. The van der Waals surface area contributed by atoms with Crippen LogP contribution in [0.15, 0.2) is 29.2 Å². The Bertz CT molecular complexity index is 432. The van der Waals surface area contributed by atoms with Gasteiger partial charge in [0, 0.05) is 17.2 Å². The number of thioether (sulfide) groups is 1. The number of hydrogen-bond acceptors (Lipinski definition) is 4. The molecule has 4 nitrogen and oxygen atoms in total. The Morgan fingerprint density at radius 3 is 2.72 bits per heavy atom. The van der Waals surface area contributed by atoms with E-state index >= 15 is 0 Å². The second kappa shape index (κ2) is 6.06. The molecule has 18 heavy (non-hydrogen) atoms. The van der Waals surface area contributed by atoms with Crippen molar-refractivity contribution in [3.05, 3.63) is 24.3 Å². The number of carbonyl (C=O) groups is 1. The number of rotatable bonds is 5. The first-order chi connectivity index (χ1) is 8.70. The van der Waals surface area contributed by atoms with Crippen molar-refractivity contribution in [3.8, 4) is 5.75 Å². The Hall–Kier alpha value is -1.27. The molecular formula is C12H14N2O2S2. The minimum Gasteiger partial charge on any atom is -0.497 e. The molecule has 0 atom stereocenters. The molecule has 1 aliphatic heterocycles. The molecule has 0 unspecified atom stereocenters. The fourth-order valence-corrected chi connectivity index (χ4v) is 2.71. The monoisotopic (exact) mass is 282 g/mol. The van der Waals surface area contributed by atoms with Gasteiger partial charge in [0.15, 0.2) is 5.11 Å². The van der Waals surface area contributed by atoms with Gasteiger partial charge < -0.3 is 10.1 Å². The summed E-state index contributed by atoms with van der Waals surface area (Å²) in [5, 5.41) is 3.40. The molecular weight excluding hydrogens is 268 g/mol. The van der Waals surface area contributed by atoms with Crippen LogP contribution in [0.4, 0.5) is 0 Å². The zero-order valence-corrected chi connectivity index (χ0v) is 11.6. The first kappa shape index (κ1) is 13.2. The lowest BCUT2D eigenvalue weighted by molar-refractivity contribution is -0.124. The predicted molar refractivity (Wildman–Crippen MR) is 76.0 cm³/mol. The zero-order valence-electron chi connectivity index (χ0n) is 10.0. The van der Waals surface area contributed by atoms with Crippen LogP contribution in [-0.2, 0) is 4.79 Å². The third-order valence-corrected chi connectivity index (χ3v) is 3.94. The van der Waals surface area contributed by atoms with Crippen molar-refractivity contribution in [2.45, 2.75) is 4.90 Å². The fraction of sp³-hybridized carbons (Fsp3) is 0.333. The van der Waals surface area contributed by atoms with Crippen molar-refractivity contribution in [1.82, 2.24) is 10.2 Å². The molecule has 2 rings (SSSR count). The SMILES string of the molecule is COc1ccc(SCCN2C(=O)CNC2=S)cc1. The van der Waals surface area contributed by atoms with Crippen molar-refractivity contribution >= 4 is 35.0 Å². The Labute approximate surface area is 116 Å². The molecule has 6 heteroatoms. The van der Waals surface area contributed by atoms with E-state index in [2.05, 4.69) is 5.32 Å². The van der Waals surface area contributed by atoms with Crippen molar-refractivity contribution in [2.75, 3.05) is 26.0 Å². The smallest absolute Gasteiger partial charge is 0.248 e. The van der Waals surface area contributed by atoms with Gasteiger partial charge in [-0.2, -0.15) is 0 Å². The van der Waals surface area contributed by atoms with E-state index < -0.39 is 0 Å². The maximum atomic E-state index is 11.5. The normalized spacial score (nSPS) is 14.8. The number of benzene rings is 1. The highest BCUT2D eigenvalue weighted by molar-refractivity contribution is 7.99. The van der Waals surface area contributed by atoms with E-state index in [4.69, 9.17) is 17.0 Å². The van der Waals surface area contributed by atoms with E-state index in [-0.39, 0.29) is 5.91 Å². The fourth-order valence-electron chi connectivity index (χ4n) is 1.61. The van der Waals surface area contributed by atoms with Crippen LogP contribution in [0.1, 0.15) is 0 Å². The molecule has 0 bridgehead atoms. The molecule has 1 aromatic rings. The summed E-state index contributed by atoms with van der Waals surface area (Å²) in [7, 11) is 1.65. The van der Waals surface area contributed by atoms with Crippen LogP contribution >= 0.6 is 24.0 Å². The van der Waals surface area contributed by atoms with Gasteiger partial charge in [0.2, 0.25) is 5.91 Å². The van der Waals surface area contributed by atoms with Gasteiger partial charge in [-0.05, 0) is 36.5 Å². The van der Waals surface area contributed by atoms with Gasteiger partial charge in [-0.3, -0.25) is 9.69 Å². The highest BCUT2D eigenvalue weighted by Crippen LogP contribution is 2.21. The number of ether oxygens (including phenoxy) is 1. The van der Waals surface area contributed by atoms with Crippen LogP contribution in [0.3, 0.4) is 0 Å². The van der Waals surface area contributed by atoms with E-state index in [0.717, 1.165) is 16.4 Å². The van der Waals surface area contributed by atoms with Crippen LogP contribution in [0, 0.1) is 0 Å². The maximum absolute atomic E-state index is 11.5. The van der Waals surface area contributed by atoms with Crippen LogP contribution in [-0.4, -0.2) is 41.9 Å². The predicted octanol–water partition coefficient (Wildman–Crippen LogP) is 1.50. The Kier molecular flexibility index (Phi) is 4.43. The lowest BCUT2D eigenvalue weighted by Gasteiger charge is -2.13. The third kappa shape index (κ3) is 3.14. The first-order valence-electron chi connectivity index (χ1n) is 5.56. The topological polar surface area (TPSA) is 41.6 Å². The number of methoxy groups -OCH3 is 1. The molecule has 1 N–H and O–H groups in total. The molecule has 0 spiro atoms. The second-order valence-corrected chi connectivity index (χ2v) is 5.28. The Morgan fingerprint density at radius 1 is 1.44 bits per heavy atom. The quantitative estimate of drug-likeness (QED) is 0.655. The summed E-state index contributed by atoms with van der Waals surface area (Å²) >= 11 is 6.74. The van der Waals surface area contributed by atoms with E-state index in [1.54, 1.807) is 23.8 Å². The molecule has 0 aliphatic carbocycles. The zero-order chi connectivity index (χ0) is 13.0. The number of carbonyl (C=O) groups excluding carboxylic acids is 1. The largest absolute Gasteiger partial charge is 0.497 e. The molecule has 1 aromatic carbocycles. The van der Waals surface area contributed by atoms with Crippen molar-refractivity contribution in [2.24, 2.45) is 0 Å². The highest BCUT2D eigenvalue weighted by Gasteiger charge is 2.24. The average molecular weight is 282 g/mol. The number of thiocarbonyl (C=S) groups is 1. The minimum absolute atomic E-state index is 0.0512. The van der Waals surface area contributed by atoms with Gasteiger partial charge in [-0.15, -0.1) is 11.8 Å². The molecule has 1 saturated heterocycles. The van der Waals surface area contributed by atoms with Crippen molar-refractivity contribution in [1.29, 1.82) is 0 Å². The lowest BCUT2D eigenvalue weighted by atomic mass is 10.3. The molecule has 0 aromatic heterocycles. The highest BCUT2D eigenvalue weighted by atomic mass is 32.2. The molecule has 1 heterocycles. The van der Waals surface area contributed by atoms with E-state index in [9.17, 15) is 4.79 Å². The molecule has 96 valence electrons. The Balaban J connectivity index is 1.81. The summed E-state index contributed by atoms with van der Waals surface area (Å²) in [4.78, 5) is 14.2. The van der Waals surface area contributed by atoms with E-state index in [1.165, 1.54) is 0 Å². The van der Waals surface area contributed by atoms with Crippen LogP contribution < -0.4 is 10.1 Å². The van der Waals surface area contributed by atoms with Crippen LogP contribution in [0.5, 0.6) is 5.75 Å². The maximum Gasteiger partial charge on any atom is 0.248 e. The number of nitrogens with zero attached hydrogens (tertiary/aromatic N) is 1. The summed E-state index contributed by atoms with van der Waals surface area (Å²) in [6, 6.07) is 7.86. The standard InChI is InChI=1S/C12H14N2O2S2/c1-16-9-2-4-10(5-3-9)18-7-6-14-11(15)8-13-12(14)17/h2-5H,6-8H2,1H3,(H,13,17). The molecule has 1 fully saturated rings. The number of amides is 1. The minimum atomic E-state index is 0.0512. The van der Waals surface area contributed by atoms with E-state index in [0.29, 0.717) is 18.2 Å². The van der Waals surface area contributed by atoms with Crippen molar-refractivity contribution in [3.63, 3.8) is 0 Å². The summed E-state index contributed by atoms with van der Waals surface area (Å²) in [5.41, 5.74) is 0. The molecule has 1 amide bonds. The third-order valence-electron chi connectivity index (χ3n) is 2.58. The summed E-state index contributed by atoms with van der Waals surface area (Å²) in [5.74, 6) is 1.72. The summed E-state index contributed by atoms with van der Waals surface area (Å²) < 4.78 is 5.10. The molecule has 0 radical (unpaired) electrons. The van der Waals surface area contributed by atoms with Crippen LogP contribution in [0.2, 0.25) is 0 Å². The van der Waals surface area contributed by atoms with Gasteiger partial charge in [-0.25, -0.2) is 0 Å².